The molecule has 1 amide bonds. The van der Waals surface area contributed by atoms with Crippen molar-refractivity contribution in [3.63, 3.8) is 0 Å². The quantitative estimate of drug-likeness (QED) is 0.703. The summed E-state index contributed by atoms with van der Waals surface area (Å²) in [4.78, 5) is 13.7. The van der Waals surface area contributed by atoms with Gasteiger partial charge in [0.15, 0.2) is 0 Å². The second-order valence-electron chi connectivity index (χ2n) is 4.64. The number of amides is 1. The van der Waals surface area contributed by atoms with Gasteiger partial charge in [-0.15, -0.1) is 0 Å². The minimum Gasteiger partial charge on any atom is -0.358 e. The Morgan fingerprint density at radius 1 is 1.33 bits per heavy atom. The number of carbonyl (C=O) groups is 1. The van der Waals surface area contributed by atoms with E-state index in [-0.39, 0.29) is 17.5 Å². The van der Waals surface area contributed by atoms with Crippen LogP contribution < -0.4 is 10.6 Å². The van der Waals surface area contributed by atoms with Gasteiger partial charge in [0.2, 0.25) is 5.91 Å². The zero-order valence-electron chi connectivity index (χ0n) is 10.3. The largest absolute Gasteiger partial charge is 0.358 e. The Morgan fingerprint density at radius 3 is 2.27 bits per heavy atom. The predicted octanol–water partition coefficient (Wildman–Crippen LogP) is 0.195. The Bertz CT molecular complexity index is 222. The van der Waals surface area contributed by atoms with E-state index in [2.05, 4.69) is 22.5 Å². The molecule has 1 atom stereocenters. The normalized spacial score (nSPS) is 23.5. The zero-order chi connectivity index (χ0) is 11.5. The standard InChI is InChI=1S/C11H23N3O/c1-9(10(15)12-3)14-7-5-11(2,13-4)6-8-14/h9,13H,5-8H2,1-4H3,(H,12,15). The van der Waals surface area contributed by atoms with Gasteiger partial charge in [0, 0.05) is 25.7 Å². The molecule has 0 saturated carbocycles. The van der Waals surface area contributed by atoms with Crippen molar-refractivity contribution in [2.45, 2.75) is 38.3 Å². The molecule has 1 saturated heterocycles. The van der Waals surface area contributed by atoms with Crippen LogP contribution in [0.25, 0.3) is 0 Å². The second kappa shape index (κ2) is 4.94. The van der Waals surface area contributed by atoms with Crippen LogP contribution in [0.5, 0.6) is 0 Å². The molecule has 0 aromatic heterocycles. The van der Waals surface area contributed by atoms with Crippen molar-refractivity contribution in [1.82, 2.24) is 15.5 Å². The molecular weight excluding hydrogens is 190 g/mol. The van der Waals surface area contributed by atoms with Gasteiger partial charge in [-0.3, -0.25) is 9.69 Å². The van der Waals surface area contributed by atoms with Crippen LogP contribution in [-0.2, 0) is 4.79 Å². The Labute approximate surface area is 92.4 Å². The van der Waals surface area contributed by atoms with Crippen LogP contribution in [0.4, 0.5) is 0 Å². The third kappa shape index (κ3) is 2.92. The number of hydrogen-bond donors (Lipinski definition) is 2. The summed E-state index contributed by atoms with van der Waals surface area (Å²) in [6.07, 6.45) is 2.20. The molecule has 1 unspecified atom stereocenters. The third-order valence-corrected chi connectivity index (χ3v) is 3.68. The molecule has 2 N–H and O–H groups in total. The maximum absolute atomic E-state index is 11.5. The van der Waals surface area contributed by atoms with Gasteiger partial charge in [-0.25, -0.2) is 0 Å². The lowest BCUT2D eigenvalue weighted by molar-refractivity contribution is -0.126. The van der Waals surface area contributed by atoms with Gasteiger partial charge in [0.25, 0.3) is 0 Å². The summed E-state index contributed by atoms with van der Waals surface area (Å²) in [6, 6.07) is -0.00333. The molecule has 0 spiro atoms. The van der Waals surface area contributed by atoms with E-state index in [4.69, 9.17) is 0 Å². The molecule has 0 bridgehead atoms. The molecule has 1 heterocycles. The van der Waals surface area contributed by atoms with Crippen LogP contribution >= 0.6 is 0 Å². The van der Waals surface area contributed by atoms with Crippen molar-refractivity contribution in [2.75, 3.05) is 27.2 Å². The van der Waals surface area contributed by atoms with Crippen LogP contribution in [0, 0.1) is 0 Å². The van der Waals surface area contributed by atoms with Crippen molar-refractivity contribution < 1.29 is 4.79 Å². The number of likely N-dealkylation sites (tertiary alicyclic amines) is 1. The van der Waals surface area contributed by atoms with Gasteiger partial charge in [-0.05, 0) is 33.7 Å². The molecule has 88 valence electrons. The smallest absolute Gasteiger partial charge is 0.236 e. The summed E-state index contributed by atoms with van der Waals surface area (Å²) in [5, 5.41) is 6.06. The van der Waals surface area contributed by atoms with E-state index in [0.717, 1.165) is 25.9 Å². The molecule has 0 aromatic rings. The number of nitrogens with one attached hydrogen (secondary N) is 2. The van der Waals surface area contributed by atoms with Gasteiger partial charge in [-0.1, -0.05) is 0 Å². The predicted molar refractivity (Wildman–Crippen MR) is 61.8 cm³/mol. The summed E-state index contributed by atoms with van der Waals surface area (Å²) in [6.45, 7) is 6.20. The first-order valence-corrected chi connectivity index (χ1v) is 5.67. The SMILES string of the molecule is CNC(=O)C(C)N1CCC(C)(NC)CC1. The van der Waals surface area contributed by atoms with E-state index in [1.165, 1.54) is 0 Å². The topological polar surface area (TPSA) is 44.4 Å². The van der Waals surface area contributed by atoms with Crippen molar-refractivity contribution in [3.05, 3.63) is 0 Å². The highest BCUT2D eigenvalue weighted by Gasteiger charge is 2.31. The molecule has 0 radical (unpaired) electrons. The Hall–Kier alpha value is -0.610. The van der Waals surface area contributed by atoms with Gasteiger partial charge in [0.05, 0.1) is 6.04 Å². The first kappa shape index (κ1) is 12.5. The van der Waals surface area contributed by atoms with Gasteiger partial charge in [0.1, 0.15) is 0 Å². The van der Waals surface area contributed by atoms with Crippen LogP contribution in [0.1, 0.15) is 26.7 Å². The highest BCUT2D eigenvalue weighted by molar-refractivity contribution is 5.80. The first-order chi connectivity index (χ1) is 7.02. The van der Waals surface area contributed by atoms with Gasteiger partial charge >= 0.3 is 0 Å². The van der Waals surface area contributed by atoms with Crippen LogP contribution in [-0.4, -0.2) is 49.6 Å². The maximum atomic E-state index is 11.5. The summed E-state index contributed by atoms with van der Waals surface area (Å²) >= 11 is 0. The lowest BCUT2D eigenvalue weighted by atomic mass is 9.89. The number of carbonyl (C=O) groups excluding carboxylic acids is 1. The molecule has 15 heavy (non-hydrogen) atoms. The molecule has 0 aromatic carbocycles. The summed E-state index contributed by atoms with van der Waals surface area (Å²) in [5.41, 5.74) is 0.249. The molecule has 4 heteroatoms. The van der Waals surface area contributed by atoms with E-state index in [0.29, 0.717) is 0 Å². The van der Waals surface area contributed by atoms with Crippen LogP contribution in [0.3, 0.4) is 0 Å². The van der Waals surface area contributed by atoms with Crippen LogP contribution in [0.15, 0.2) is 0 Å². The Kier molecular flexibility index (Phi) is 4.11. The van der Waals surface area contributed by atoms with Gasteiger partial charge in [-0.2, -0.15) is 0 Å². The Morgan fingerprint density at radius 2 is 1.87 bits per heavy atom. The van der Waals surface area contributed by atoms with Crippen molar-refractivity contribution in [1.29, 1.82) is 0 Å². The number of nitrogens with zero attached hydrogens (tertiary/aromatic N) is 1. The Balaban J connectivity index is 2.47. The average molecular weight is 213 g/mol. The first-order valence-electron chi connectivity index (χ1n) is 5.67. The minimum atomic E-state index is -0.00333. The summed E-state index contributed by atoms with van der Waals surface area (Å²) in [5.74, 6) is 0.114. The molecule has 4 nitrogen and oxygen atoms in total. The summed E-state index contributed by atoms with van der Waals surface area (Å²) in [7, 11) is 3.71. The second-order valence-corrected chi connectivity index (χ2v) is 4.64. The molecular formula is C11H23N3O. The van der Waals surface area contributed by atoms with Gasteiger partial charge < -0.3 is 10.6 Å². The minimum absolute atomic E-state index is 0.00333. The van der Waals surface area contributed by atoms with Crippen molar-refractivity contribution >= 4 is 5.91 Å². The van der Waals surface area contributed by atoms with E-state index in [1.54, 1.807) is 7.05 Å². The lowest BCUT2D eigenvalue weighted by Crippen LogP contribution is -2.54. The van der Waals surface area contributed by atoms with Crippen molar-refractivity contribution in [3.8, 4) is 0 Å². The average Bonchev–Trinajstić information content (AvgIpc) is 2.28. The molecule has 0 aliphatic carbocycles. The number of rotatable bonds is 3. The highest BCUT2D eigenvalue weighted by atomic mass is 16.2. The number of likely N-dealkylation sites (N-methyl/N-ethyl adjacent to an activating group) is 1. The molecule has 1 rings (SSSR count). The third-order valence-electron chi connectivity index (χ3n) is 3.68. The molecule has 1 aliphatic rings. The van der Waals surface area contributed by atoms with Crippen LogP contribution in [0.2, 0.25) is 0 Å². The zero-order valence-corrected chi connectivity index (χ0v) is 10.3. The number of hydrogen-bond acceptors (Lipinski definition) is 3. The fraction of sp³-hybridized carbons (Fsp3) is 0.909. The fourth-order valence-electron chi connectivity index (χ4n) is 2.03. The van der Waals surface area contributed by atoms with E-state index in [1.807, 2.05) is 14.0 Å². The number of piperidine rings is 1. The lowest BCUT2D eigenvalue weighted by Gasteiger charge is -2.41. The monoisotopic (exact) mass is 213 g/mol. The van der Waals surface area contributed by atoms with E-state index < -0.39 is 0 Å². The highest BCUT2D eigenvalue weighted by Crippen LogP contribution is 2.22. The van der Waals surface area contributed by atoms with E-state index >= 15 is 0 Å². The van der Waals surface area contributed by atoms with Crippen molar-refractivity contribution in [2.24, 2.45) is 0 Å². The molecule has 1 aliphatic heterocycles. The summed E-state index contributed by atoms with van der Waals surface area (Å²) < 4.78 is 0. The maximum Gasteiger partial charge on any atom is 0.236 e. The van der Waals surface area contributed by atoms with E-state index in [9.17, 15) is 4.79 Å². The molecule has 1 fully saturated rings. The fourth-order valence-corrected chi connectivity index (χ4v) is 2.03.